The molecule has 0 bridgehead atoms. The molecule has 2 aromatic carbocycles. The van der Waals surface area contributed by atoms with Crippen LogP contribution in [-0.4, -0.2) is 32.8 Å². The number of methoxy groups -OCH3 is 1. The molecule has 5 nitrogen and oxygen atoms in total. The van der Waals surface area contributed by atoms with Crippen LogP contribution in [-0.2, 0) is 4.79 Å². The van der Waals surface area contributed by atoms with Gasteiger partial charge in [-0.25, -0.2) is 0 Å². The molecule has 0 atom stereocenters. The van der Waals surface area contributed by atoms with E-state index in [1.165, 1.54) is 0 Å². The highest BCUT2D eigenvalue weighted by Gasteiger charge is 2.10. The molecule has 1 N–H and O–H groups in total. The Morgan fingerprint density at radius 3 is 2.36 bits per heavy atom. The quantitative estimate of drug-likeness (QED) is 0.587. The van der Waals surface area contributed by atoms with E-state index in [1.807, 2.05) is 43.3 Å². The second kappa shape index (κ2) is 9.68. The molecule has 0 aromatic heterocycles. The van der Waals surface area contributed by atoms with Gasteiger partial charge in [-0.2, -0.15) is 0 Å². The number of halogens is 2. The maximum atomic E-state index is 11.9. The molecule has 7 heteroatoms. The molecular weight excluding hydrogens is 454 g/mol. The van der Waals surface area contributed by atoms with Crippen LogP contribution in [0.2, 0.25) is 0 Å². The van der Waals surface area contributed by atoms with E-state index in [1.54, 1.807) is 7.11 Å². The largest absolute Gasteiger partial charge is 0.493 e. The lowest BCUT2D eigenvalue weighted by atomic mass is 10.2. The standard InChI is InChI=1S/C18H19Br2NO4/c1-12-9-13(19)18(14(20)10-12)25-11-17(22)21-7-8-24-16-6-4-3-5-15(16)23-2/h3-6,9-10H,7-8,11H2,1-2H3,(H,21,22). The molecule has 0 aliphatic heterocycles. The summed E-state index contributed by atoms with van der Waals surface area (Å²) < 4.78 is 18.0. The maximum Gasteiger partial charge on any atom is 0.258 e. The minimum Gasteiger partial charge on any atom is -0.493 e. The van der Waals surface area contributed by atoms with Crippen molar-refractivity contribution in [1.29, 1.82) is 0 Å². The lowest BCUT2D eigenvalue weighted by Crippen LogP contribution is -2.32. The predicted octanol–water partition coefficient (Wildman–Crippen LogP) is 4.10. The number of hydrogen-bond acceptors (Lipinski definition) is 4. The molecule has 0 fully saturated rings. The summed E-state index contributed by atoms with van der Waals surface area (Å²) in [5, 5.41) is 2.75. The van der Waals surface area contributed by atoms with Crippen LogP contribution in [0.4, 0.5) is 0 Å². The Labute approximate surface area is 163 Å². The minimum atomic E-state index is -0.219. The smallest absolute Gasteiger partial charge is 0.258 e. The molecule has 0 saturated carbocycles. The molecule has 0 aliphatic rings. The number of carbonyl (C=O) groups excluding carboxylic acids is 1. The van der Waals surface area contributed by atoms with Crippen molar-refractivity contribution in [2.24, 2.45) is 0 Å². The van der Waals surface area contributed by atoms with Crippen molar-refractivity contribution in [2.75, 3.05) is 26.9 Å². The van der Waals surface area contributed by atoms with Crippen LogP contribution in [0, 0.1) is 6.92 Å². The number of benzene rings is 2. The highest BCUT2D eigenvalue weighted by Crippen LogP contribution is 2.34. The number of para-hydroxylation sites is 2. The zero-order chi connectivity index (χ0) is 18.2. The predicted molar refractivity (Wildman–Crippen MR) is 104 cm³/mol. The van der Waals surface area contributed by atoms with Gasteiger partial charge in [-0.1, -0.05) is 12.1 Å². The van der Waals surface area contributed by atoms with Gasteiger partial charge in [0.1, 0.15) is 12.4 Å². The first-order chi connectivity index (χ1) is 12.0. The topological polar surface area (TPSA) is 56.8 Å². The van der Waals surface area contributed by atoms with Gasteiger partial charge in [-0.15, -0.1) is 0 Å². The van der Waals surface area contributed by atoms with E-state index in [4.69, 9.17) is 14.2 Å². The van der Waals surface area contributed by atoms with Gasteiger partial charge in [-0.3, -0.25) is 4.79 Å². The van der Waals surface area contributed by atoms with Gasteiger partial charge in [0.15, 0.2) is 18.1 Å². The van der Waals surface area contributed by atoms with Crippen molar-refractivity contribution < 1.29 is 19.0 Å². The van der Waals surface area contributed by atoms with Gasteiger partial charge in [0.25, 0.3) is 5.91 Å². The summed E-state index contributed by atoms with van der Waals surface area (Å²) in [6.45, 7) is 2.61. The number of amides is 1. The van der Waals surface area contributed by atoms with Crippen LogP contribution in [0.1, 0.15) is 5.56 Å². The summed E-state index contributed by atoms with van der Waals surface area (Å²) in [5.74, 6) is 1.68. The fourth-order valence-electron chi connectivity index (χ4n) is 2.10. The molecule has 1 amide bonds. The van der Waals surface area contributed by atoms with Crippen LogP contribution in [0.5, 0.6) is 17.2 Å². The summed E-state index contributed by atoms with van der Waals surface area (Å²) >= 11 is 6.87. The number of ether oxygens (including phenoxy) is 3. The Balaban J connectivity index is 1.74. The van der Waals surface area contributed by atoms with E-state index in [-0.39, 0.29) is 12.5 Å². The third kappa shape index (κ3) is 5.93. The molecule has 0 aliphatic carbocycles. The van der Waals surface area contributed by atoms with E-state index in [2.05, 4.69) is 37.2 Å². The molecule has 25 heavy (non-hydrogen) atoms. The second-order valence-corrected chi connectivity index (χ2v) is 6.90. The monoisotopic (exact) mass is 471 g/mol. The van der Waals surface area contributed by atoms with E-state index >= 15 is 0 Å². The van der Waals surface area contributed by atoms with Gasteiger partial charge in [0, 0.05) is 0 Å². The maximum absolute atomic E-state index is 11.9. The lowest BCUT2D eigenvalue weighted by molar-refractivity contribution is -0.123. The Kier molecular flexibility index (Phi) is 7.58. The number of rotatable bonds is 8. The Morgan fingerprint density at radius 2 is 1.72 bits per heavy atom. The zero-order valence-corrected chi connectivity index (χ0v) is 17.1. The Morgan fingerprint density at radius 1 is 1.08 bits per heavy atom. The molecular formula is C18H19Br2NO4. The fourth-order valence-corrected chi connectivity index (χ4v) is 3.75. The summed E-state index contributed by atoms with van der Waals surface area (Å²) in [7, 11) is 1.59. The van der Waals surface area contributed by atoms with Gasteiger partial charge < -0.3 is 19.5 Å². The summed E-state index contributed by atoms with van der Waals surface area (Å²) in [6, 6.07) is 11.2. The molecule has 134 valence electrons. The summed E-state index contributed by atoms with van der Waals surface area (Å²) in [4.78, 5) is 11.9. The van der Waals surface area contributed by atoms with Crippen LogP contribution in [0.25, 0.3) is 0 Å². The number of aryl methyl sites for hydroxylation is 1. The molecule has 0 saturated heterocycles. The molecule has 0 radical (unpaired) electrons. The van der Waals surface area contributed by atoms with Crippen LogP contribution in [0.15, 0.2) is 45.3 Å². The molecule has 0 unspecified atom stereocenters. The third-order valence-corrected chi connectivity index (χ3v) is 4.42. The lowest BCUT2D eigenvalue weighted by Gasteiger charge is -2.12. The van der Waals surface area contributed by atoms with Crippen LogP contribution >= 0.6 is 31.9 Å². The average molecular weight is 473 g/mol. The van der Waals surface area contributed by atoms with Gasteiger partial charge in [-0.05, 0) is 68.6 Å². The van der Waals surface area contributed by atoms with Crippen molar-refractivity contribution in [1.82, 2.24) is 5.32 Å². The number of nitrogens with one attached hydrogen (secondary N) is 1. The first-order valence-electron chi connectivity index (χ1n) is 7.62. The normalized spacial score (nSPS) is 10.2. The summed E-state index contributed by atoms with van der Waals surface area (Å²) in [6.07, 6.45) is 0. The number of hydrogen-bond donors (Lipinski definition) is 1. The number of carbonyl (C=O) groups is 1. The van der Waals surface area contributed by atoms with Crippen molar-refractivity contribution in [3.63, 3.8) is 0 Å². The van der Waals surface area contributed by atoms with E-state index in [9.17, 15) is 4.79 Å². The first-order valence-corrected chi connectivity index (χ1v) is 9.21. The van der Waals surface area contributed by atoms with E-state index in [0.29, 0.717) is 30.4 Å². The first kappa shape index (κ1) is 19.6. The van der Waals surface area contributed by atoms with Crippen molar-refractivity contribution in [3.05, 3.63) is 50.9 Å². The minimum absolute atomic E-state index is 0.0745. The molecule has 0 spiro atoms. The molecule has 0 heterocycles. The van der Waals surface area contributed by atoms with E-state index in [0.717, 1.165) is 14.5 Å². The highest BCUT2D eigenvalue weighted by atomic mass is 79.9. The van der Waals surface area contributed by atoms with Crippen LogP contribution < -0.4 is 19.5 Å². The van der Waals surface area contributed by atoms with E-state index < -0.39 is 0 Å². The SMILES string of the molecule is COc1ccccc1OCCNC(=O)COc1c(Br)cc(C)cc1Br. The van der Waals surface area contributed by atoms with Crippen molar-refractivity contribution in [2.45, 2.75) is 6.92 Å². The fraction of sp³-hybridized carbons (Fsp3) is 0.278. The average Bonchev–Trinajstić information content (AvgIpc) is 2.58. The Hall–Kier alpha value is -1.73. The molecule has 2 rings (SSSR count). The Bertz CT molecular complexity index is 714. The van der Waals surface area contributed by atoms with Crippen molar-refractivity contribution in [3.8, 4) is 17.2 Å². The molecule has 2 aromatic rings. The van der Waals surface area contributed by atoms with Gasteiger partial charge >= 0.3 is 0 Å². The van der Waals surface area contributed by atoms with Gasteiger partial charge in [0.2, 0.25) is 0 Å². The summed E-state index contributed by atoms with van der Waals surface area (Å²) in [5.41, 5.74) is 1.09. The van der Waals surface area contributed by atoms with Crippen molar-refractivity contribution >= 4 is 37.8 Å². The third-order valence-electron chi connectivity index (χ3n) is 3.24. The zero-order valence-electron chi connectivity index (χ0n) is 14.0. The van der Waals surface area contributed by atoms with Crippen LogP contribution in [0.3, 0.4) is 0 Å². The van der Waals surface area contributed by atoms with Gasteiger partial charge in [0.05, 0.1) is 22.6 Å². The second-order valence-electron chi connectivity index (χ2n) is 5.20. The highest BCUT2D eigenvalue weighted by molar-refractivity contribution is 9.11.